The van der Waals surface area contributed by atoms with Gasteiger partial charge in [-0.1, -0.05) is 55.7 Å². The lowest BCUT2D eigenvalue weighted by molar-refractivity contribution is -0.140. The first-order chi connectivity index (χ1) is 14.3. The first kappa shape index (κ1) is 21.0. The quantitative estimate of drug-likeness (QED) is 0.328. The maximum absolute atomic E-state index is 11.1. The molecule has 1 atom stereocenters. The number of carbonyl (C=O) groups excluding carboxylic acids is 1. The average molecular weight is 396 g/mol. The first-order valence-corrected chi connectivity index (χ1v) is 10.3. The van der Waals surface area contributed by atoms with Crippen LogP contribution in [0.4, 0.5) is 0 Å². The molecule has 1 aromatic heterocycles. The molecule has 6 heteroatoms. The first-order valence-electron chi connectivity index (χ1n) is 10.3. The van der Waals surface area contributed by atoms with Crippen LogP contribution in [0.1, 0.15) is 50.2 Å². The van der Waals surface area contributed by atoms with Gasteiger partial charge in [0.15, 0.2) is 0 Å². The maximum Gasteiger partial charge on any atom is 0.305 e. The Morgan fingerprint density at radius 1 is 1.03 bits per heavy atom. The van der Waals surface area contributed by atoms with Gasteiger partial charge in [0.2, 0.25) is 0 Å². The van der Waals surface area contributed by atoms with Gasteiger partial charge in [-0.3, -0.25) is 9.48 Å². The van der Waals surface area contributed by atoms with Gasteiger partial charge in [0.05, 0.1) is 13.7 Å². The number of nitrogens with zero attached hydrogens (tertiary/aromatic N) is 3. The van der Waals surface area contributed by atoms with Gasteiger partial charge in [0, 0.05) is 13.0 Å². The van der Waals surface area contributed by atoms with Crippen LogP contribution in [-0.4, -0.2) is 34.5 Å². The van der Waals surface area contributed by atoms with Gasteiger partial charge in [-0.2, -0.15) is 5.10 Å². The third-order valence-electron chi connectivity index (χ3n) is 5.04. The van der Waals surface area contributed by atoms with Crippen molar-refractivity contribution in [2.24, 2.45) is 0 Å². The van der Waals surface area contributed by atoms with Crippen LogP contribution in [0.2, 0.25) is 0 Å². The maximum atomic E-state index is 11.1. The number of aromatic nitrogens is 3. The third-order valence-corrected chi connectivity index (χ3v) is 5.04. The van der Waals surface area contributed by atoms with Gasteiger partial charge in [-0.25, -0.2) is 4.98 Å². The molecule has 0 aliphatic heterocycles. The summed E-state index contributed by atoms with van der Waals surface area (Å²) in [6.45, 7) is 1.33. The number of rotatable bonds is 12. The molecule has 2 aromatic carbocycles. The van der Waals surface area contributed by atoms with Crippen molar-refractivity contribution in [3.05, 3.63) is 60.7 Å². The summed E-state index contributed by atoms with van der Waals surface area (Å²) in [5.74, 6) is -0.125. The van der Waals surface area contributed by atoms with Crippen molar-refractivity contribution >= 4 is 16.7 Å². The Morgan fingerprint density at radius 2 is 1.83 bits per heavy atom. The minimum atomic E-state index is -0.125. The highest BCUT2D eigenvalue weighted by atomic mass is 16.5. The van der Waals surface area contributed by atoms with Crippen molar-refractivity contribution in [2.45, 2.75) is 51.2 Å². The minimum absolute atomic E-state index is 0.0689. The van der Waals surface area contributed by atoms with E-state index in [0.29, 0.717) is 19.6 Å². The number of benzene rings is 2. The van der Waals surface area contributed by atoms with Crippen LogP contribution in [-0.2, 0) is 20.8 Å². The molecule has 29 heavy (non-hydrogen) atoms. The van der Waals surface area contributed by atoms with Gasteiger partial charge < -0.3 is 9.47 Å². The van der Waals surface area contributed by atoms with E-state index in [2.05, 4.69) is 57.3 Å². The van der Waals surface area contributed by atoms with E-state index < -0.39 is 0 Å². The molecule has 0 saturated heterocycles. The van der Waals surface area contributed by atoms with E-state index in [9.17, 15) is 4.79 Å². The van der Waals surface area contributed by atoms with Crippen LogP contribution >= 0.6 is 0 Å². The number of hydrogen-bond donors (Lipinski definition) is 0. The van der Waals surface area contributed by atoms with Crippen LogP contribution in [0.25, 0.3) is 10.8 Å². The molecule has 154 valence electrons. The fraction of sp³-hybridized carbons (Fsp3) is 0.435. The Morgan fingerprint density at radius 3 is 2.62 bits per heavy atom. The number of carbonyl (C=O) groups is 1. The highest BCUT2D eigenvalue weighted by Crippen LogP contribution is 2.24. The lowest BCUT2D eigenvalue weighted by Gasteiger charge is -2.19. The topological polar surface area (TPSA) is 66.2 Å². The molecule has 0 amide bonds. The van der Waals surface area contributed by atoms with Crippen LogP contribution in [0.5, 0.6) is 0 Å². The summed E-state index contributed by atoms with van der Waals surface area (Å²) in [5.41, 5.74) is 1.15. The predicted octanol–water partition coefficient (Wildman–Crippen LogP) is 4.70. The number of ether oxygens (including phenoxy) is 2. The summed E-state index contributed by atoms with van der Waals surface area (Å²) < 4.78 is 12.7. The summed E-state index contributed by atoms with van der Waals surface area (Å²) in [5, 5.41) is 6.67. The number of fused-ring (bicyclic) bond motifs is 1. The lowest BCUT2D eigenvalue weighted by atomic mass is 10.0. The van der Waals surface area contributed by atoms with E-state index in [1.807, 2.05) is 4.68 Å². The summed E-state index contributed by atoms with van der Waals surface area (Å²) in [6, 6.07) is 14.8. The van der Waals surface area contributed by atoms with E-state index in [1.54, 1.807) is 12.7 Å². The molecular formula is C23H29N3O3. The van der Waals surface area contributed by atoms with E-state index in [-0.39, 0.29) is 12.1 Å². The van der Waals surface area contributed by atoms with Crippen molar-refractivity contribution < 1.29 is 14.3 Å². The minimum Gasteiger partial charge on any atom is -0.469 e. The highest BCUT2D eigenvalue weighted by molar-refractivity contribution is 5.83. The van der Waals surface area contributed by atoms with E-state index in [0.717, 1.165) is 37.7 Å². The van der Waals surface area contributed by atoms with E-state index in [4.69, 9.17) is 4.74 Å². The summed E-state index contributed by atoms with van der Waals surface area (Å²) in [6.07, 6.45) is 8.83. The fourth-order valence-corrected chi connectivity index (χ4v) is 3.39. The fourth-order valence-electron chi connectivity index (χ4n) is 3.39. The second-order valence-corrected chi connectivity index (χ2v) is 7.18. The molecule has 0 aliphatic carbocycles. The van der Waals surface area contributed by atoms with Crippen LogP contribution in [0, 0.1) is 0 Å². The van der Waals surface area contributed by atoms with Gasteiger partial charge in [-0.15, -0.1) is 0 Å². The van der Waals surface area contributed by atoms with Gasteiger partial charge in [0.25, 0.3) is 0 Å². The normalized spacial score (nSPS) is 12.2. The molecule has 3 rings (SSSR count). The Hall–Kier alpha value is -2.73. The van der Waals surface area contributed by atoms with Crippen LogP contribution in [0.15, 0.2) is 55.1 Å². The molecule has 0 N–H and O–H groups in total. The average Bonchev–Trinajstić information content (AvgIpc) is 3.27. The standard InChI is InChI=1S/C23H29N3O3/c1-28-23(27)11-5-3-2-4-8-14-29-22(16-26-18-24-17-25-26)21-13-12-19-9-6-7-10-20(19)15-21/h6-7,9-10,12-13,15,17-18,22H,2-5,8,11,14,16H2,1H3. The molecule has 1 unspecified atom stereocenters. The SMILES string of the molecule is COC(=O)CCCCCCCOC(Cn1cncn1)c1ccc2ccccc2c1. The molecule has 0 bridgehead atoms. The molecule has 0 radical (unpaired) electrons. The Balaban J connectivity index is 1.50. The highest BCUT2D eigenvalue weighted by Gasteiger charge is 2.14. The monoisotopic (exact) mass is 395 g/mol. The van der Waals surface area contributed by atoms with Crippen LogP contribution < -0.4 is 0 Å². The summed E-state index contributed by atoms with van der Waals surface area (Å²) in [7, 11) is 1.44. The molecule has 0 saturated carbocycles. The van der Waals surface area contributed by atoms with Crippen molar-refractivity contribution in [3.63, 3.8) is 0 Å². The van der Waals surface area contributed by atoms with Crippen molar-refractivity contribution in [2.75, 3.05) is 13.7 Å². The molecule has 3 aromatic rings. The van der Waals surface area contributed by atoms with Crippen LogP contribution in [0.3, 0.4) is 0 Å². The molecule has 0 aliphatic rings. The van der Waals surface area contributed by atoms with Crippen molar-refractivity contribution in [3.8, 4) is 0 Å². The van der Waals surface area contributed by atoms with Gasteiger partial charge in [-0.05, 0) is 35.2 Å². The Labute approximate surface area is 171 Å². The van der Waals surface area contributed by atoms with E-state index in [1.165, 1.54) is 17.9 Å². The number of unbranched alkanes of at least 4 members (excludes halogenated alkanes) is 4. The molecule has 0 fully saturated rings. The predicted molar refractivity (Wildman–Crippen MR) is 112 cm³/mol. The Bertz CT molecular complexity index is 880. The Kier molecular flexibility index (Phi) is 8.19. The summed E-state index contributed by atoms with van der Waals surface area (Å²) >= 11 is 0. The smallest absolute Gasteiger partial charge is 0.305 e. The molecular weight excluding hydrogens is 366 g/mol. The summed E-state index contributed by atoms with van der Waals surface area (Å²) in [4.78, 5) is 15.2. The van der Waals surface area contributed by atoms with E-state index >= 15 is 0 Å². The zero-order valence-corrected chi connectivity index (χ0v) is 17.0. The molecule has 6 nitrogen and oxygen atoms in total. The zero-order chi connectivity index (χ0) is 20.3. The molecule has 1 heterocycles. The second kappa shape index (κ2) is 11.3. The molecule has 0 spiro atoms. The number of hydrogen-bond acceptors (Lipinski definition) is 5. The van der Waals surface area contributed by atoms with Gasteiger partial charge >= 0.3 is 5.97 Å². The van der Waals surface area contributed by atoms with Crippen molar-refractivity contribution in [1.82, 2.24) is 14.8 Å². The lowest BCUT2D eigenvalue weighted by Crippen LogP contribution is -2.14. The third kappa shape index (κ3) is 6.68. The van der Waals surface area contributed by atoms with Gasteiger partial charge in [0.1, 0.15) is 18.8 Å². The van der Waals surface area contributed by atoms with Crippen molar-refractivity contribution in [1.29, 1.82) is 0 Å². The second-order valence-electron chi connectivity index (χ2n) is 7.18. The number of esters is 1. The zero-order valence-electron chi connectivity index (χ0n) is 17.0. The number of methoxy groups -OCH3 is 1. The largest absolute Gasteiger partial charge is 0.469 e.